The lowest BCUT2D eigenvalue weighted by Crippen LogP contribution is -2.56. The van der Waals surface area contributed by atoms with Crippen LogP contribution in [0.2, 0.25) is 0 Å². The molecule has 2 aliphatic rings. The molecule has 9 nitrogen and oxygen atoms in total. The van der Waals surface area contributed by atoms with Gasteiger partial charge in [-0.1, -0.05) is 36.4 Å². The Morgan fingerprint density at radius 3 is 2.66 bits per heavy atom. The molecule has 5 rings (SSSR count). The van der Waals surface area contributed by atoms with Gasteiger partial charge < -0.3 is 29.0 Å². The summed E-state index contributed by atoms with van der Waals surface area (Å²) in [5, 5.41) is 2.55. The minimum absolute atomic E-state index is 0.00457. The first-order valence-corrected chi connectivity index (χ1v) is 13.4. The fourth-order valence-corrected chi connectivity index (χ4v) is 5.27. The number of nitrogens with one attached hydrogen (secondary N) is 1. The molecule has 0 aliphatic carbocycles. The average Bonchev–Trinajstić information content (AvgIpc) is 3.44. The number of amides is 2. The van der Waals surface area contributed by atoms with Crippen LogP contribution in [0.3, 0.4) is 0 Å². The van der Waals surface area contributed by atoms with Gasteiger partial charge >= 0.3 is 0 Å². The van der Waals surface area contributed by atoms with Crippen molar-refractivity contribution >= 4 is 11.8 Å². The molecule has 216 valence electrons. The summed E-state index contributed by atoms with van der Waals surface area (Å²) in [6, 6.07) is 12.2. The fraction of sp³-hybridized carbons (Fsp3) is 0.367. The number of fused-ring (bicyclic) bond motifs is 2. The molecule has 3 aromatic rings. The Hall–Kier alpha value is -4.09. The highest BCUT2D eigenvalue weighted by Gasteiger charge is 2.47. The number of methoxy groups -OCH3 is 1. The first kappa shape index (κ1) is 28.4. The van der Waals surface area contributed by atoms with Crippen LogP contribution >= 0.6 is 0 Å². The minimum Gasteiger partial charge on any atom is -0.483 e. The molecule has 0 radical (unpaired) electrons. The normalized spacial score (nSPS) is 18.0. The topological polar surface area (TPSA) is 99.1 Å². The van der Waals surface area contributed by atoms with Crippen molar-refractivity contribution in [1.29, 1.82) is 0 Å². The van der Waals surface area contributed by atoms with Gasteiger partial charge in [-0.15, -0.1) is 0 Å². The lowest BCUT2D eigenvalue weighted by molar-refractivity contribution is 0.0470. The maximum Gasteiger partial charge on any atom is 0.274 e. The van der Waals surface area contributed by atoms with E-state index in [1.54, 1.807) is 16.6 Å². The van der Waals surface area contributed by atoms with E-state index in [-0.39, 0.29) is 48.2 Å². The van der Waals surface area contributed by atoms with Crippen molar-refractivity contribution in [2.75, 3.05) is 40.0 Å². The van der Waals surface area contributed by atoms with E-state index in [2.05, 4.69) is 5.32 Å². The third-order valence-corrected chi connectivity index (χ3v) is 7.44. The third-order valence-electron chi connectivity index (χ3n) is 7.44. The number of rotatable bonds is 10. The van der Waals surface area contributed by atoms with E-state index in [1.165, 1.54) is 12.3 Å². The smallest absolute Gasteiger partial charge is 0.274 e. The average molecular weight is 568 g/mol. The van der Waals surface area contributed by atoms with Crippen LogP contribution in [0, 0.1) is 11.6 Å². The molecule has 11 heteroatoms. The summed E-state index contributed by atoms with van der Waals surface area (Å²) in [5.41, 5.74) is -0.849. The van der Waals surface area contributed by atoms with Crippen LogP contribution in [0.15, 0.2) is 59.5 Å². The van der Waals surface area contributed by atoms with Gasteiger partial charge in [-0.3, -0.25) is 14.4 Å². The predicted octanol–water partition coefficient (Wildman–Crippen LogP) is 3.24. The number of ether oxygens (including phenoxy) is 3. The highest BCUT2D eigenvalue weighted by atomic mass is 19.1. The molecule has 2 amide bonds. The summed E-state index contributed by atoms with van der Waals surface area (Å²) in [6.45, 7) is 1.64. The lowest BCUT2D eigenvalue weighted by Gasteiger charge is -2.43. The molecule has 1 saturated heterocycles. The van der Waals surface area contributed by atoms with Crippen LogP contribution in [-0.4, -0.2) is 61.3 Å². The second-order valence-corrected chi connectivity index (χ2v) is 10.2. The van der Waals surface area contributed by atoms with Gasteiger partial charge in [0.1, 0.15) is 23.8 Å². The van der Waals surface area contributed by atoms with Gasteiger partial charge in [-0.05, 0) is 24.5 Å². The van der Waals surface area contributed by atoms with Crippen LogP contribution in [0.1, 0.15) is 44.8 Å². The van der Waals surface area contributed by atoms with E-state index in [4.69, 9.17) is 14.2 Å². The highest BCUT2D eigenvalue weighted by Crippen LogP contribution is 2.37. The largest absolute Gasteiger partial charge is 0.483 e. The molecule has 0 bridgehead atoms. The van der Waals surface area contributed by atoms with Crippen molar-refractivity contribution < 1.29 is 32.6 Å². The zero-order chi connectivity index (χ0) is 29.0. The van der Waals surface area contributed by atoms with E-state index >= 15 is 0 Å². The van der Waals surface area contributed by atoms with Crippen molar-refractivity contribution in [2.45, 2.75) is 31.5 Å². The van der Waals surface area contributed by atoms with Gasteiger partial charge in [-0.2, -0.15) is 0 Å². The minimum atomic E-state index is -0.819. The molecule has 1 fully saturated rings. The molecule has 1 atom stereocenters. The Balaban J connectivity index is 1.56. The molecule has 1 N–H and O–H groups in total. The summed E-state index contributed by atoms with van der Waals surface area (Å²) in [7, 11) is 1.59. The van der Waals surface area contributed by atoms with Gasteiger partial charge in [0.25, 0.3) is 11.8 Å². The van der Waals surface area contributed by atoms with Crippen LogP contribution in [0.25, 0.3) is 0 Å². The highest BCUT2D eigenvalue weighted by molar-refractivity contribution is 5.99. The second-order valence-electron chi connectivity index (χ2n) is 10.2. The molecule has 1 spiro atoms. The number of halogens is 2. The Bertz CT molecular complexity index is 1490. The summed E-state index contributed by atoms with van der Waals surface area (Å²) < 4.78 is 46.1. The summed E-state index contributed by atoms with van der Waals surface area (Å²) in [6.07, 6.45) is 2.53. The van der Waals surface area contributed by atoms with Crippen molar-refractivity contribution in [2.24, 2.45) is 0 Å². The number of hydrogen-bond acceptors (Lipinski definition) is 6. The fourth-order valence-electron chi connectivity index (χ4n) is 5.27. The standard InChI is InChI=1S/C30H31F2N3O6/c1-39-12-5-11-34-18-30(10-13-40-19-30)35-16-23(28(37)33-15-21-8-9-22(31)14-24(21)32)26(36)27(25(35)29(34)38)41-17-20-6-3-2-4-7-20/h2-4,6-9,14,16H,5,10-13,15,17-19H2,1H3,(H,33,37). The van der Waals surface area contributed by atoms with Gasteiger partial charge in [0.15, 0.2) is 11.4 Å². The maximum absolute atomic E-state index is 14.2. The van der Waals surface area contributed by atoms with Gasteiger partial charge in [0, 0.05) is 57.8 Å². The number of carbonyl (C=O) groups is 2. The number of pyridine rings is 1. The van der Waals surface area contributed by atoms with Crippen molar-refractivity contribution in [3.63, 3.8) is 0 Å². The monoisotopic (exact) mass is 567 g/mol. The first-order valence-electron chi connectivity index (χ1n) is 13.4. The first-order chi connectivity index (χ1) is 19.8. The van der Waals surface area contributed by atoms with Crippen LogP contribution in [0.5, 0.6) is 5.75 Å². The van der Waals surface area contributed by atoms with E-state index in [0.717, 1.165) is 17.7 Å². The molecular formula is C30H31F2N3O6. The molecular weight excluding hydrogens is 536 g/mol. The predicted molar refractivity (Wildman–Crippen MR) is 145 cm³/mol. The summed E-state index contributed by atoms with van der Waals surface area (Å²) in [5.74, 6) is -2.96. The van der Waals surface area contributed by atoms with Crippen LogP contribution < -0.4 is 15.5 Å². The summed E-state index contributed by atoms with van der Waals surface area (Å²) >= 11 is 0. The van der Waals surface area contributed by atoms with E-state index in [1.807, 2.05) is 30.3 Å². The zero-order valence-corrected chi connectivity index (χ0v) is 22.7. The second kappa shape index (κ2) is 12.2. The SMILES string of the molecule is COCCCN1CC2(CCOC2)n2cc(C(=O)NCc3ccc(F)cc3F)c(=O)c(OCc3ccccc3)c2C1=O. The van der Waals surface area contributed by atoms with E-state index in [0.29, 0.717) is 39.1 Å². The molecule has 3 heterocycles. The van der Waals surface area contributed by atoms with Gasteiger partial charge in [0.05, 0.1) is 12.1 Å². The maximum atomic E-state index is 14.2. The molecule has 2 aromatic carbocycles. The van der Waals surface area contributed by atoms with E-state index < -0.39 is 28.5 Å². The quantitative estimate of drug-likeness (QED) is 0.378. The molecule has 2 aliphatic heterocycles. The van der Waals surface area contributed by atoms with Gasteiger partial charge in [0.2, 0.25) is 5.43 Å². The number of nitrogens with zero attached hydrogens (tertiary/aromatic N) is 2. The third kappa shape index (κ3) is 5.86. The Kier molecular flexibility index (Phi) is 8.46. The van der Waals surface area contributed by atoms with Crippen molar-refractivity contribution in [1.82, 2.24) is 14.8 Å². The van der Waals surface area contributed by atoms with Gasteiger partial charge in [-0.25, -0.2) is 8.78 Å². The number of carbonyl (C=O) groups excluding carboxylic acids is 2. The number of hydrogen-bond donors (Lipinski definition) is 1. The van der Waals surface area contributed by atoms with Crippen LogP contribution in [0.4, 0.5) is 8.78 Å². The Morgan fingerprint density at radius 1 is 1.15 bits per heavy atom. The molecule has 1 unspecified atom stereocenters. The number of aromatic nitrogens is 1. The Labute approximate surface area is 235 Å². The molecule has 1 aromatic heterocycles. The zero-order valence-electron chi connectivity index (χ0n) is 22.7. The van der Waals surface area contributed by atoms with Crippen LogP contribution in [-0.2, 0) is 28.2 Å². The molecule has 41 heavy (non-hydrogen) atoms. The van der Waals surface area contributed by atoms with Crippen molar-refractivity contribution in [3.8, 4) is 5.75 Å². The Morgan fingerprint density at radius 2 is 1.95 bits per heavy atom. The lowest BCUT2D eigenvalue weighted by atomic mass is 9.92. The van der Waals surface area contributed by atoms with Crippen molar-refractivity contribution in [3.05, 3.63) is 99.0 Å². The molecule has 0 saturated carbocycles. The number of benzene rings is 2. The summed E-state index contributed by atoms with van der Waals surface area (Å²) in [4.78, 5) is 42.6. The van der Waals surface area contributed by atoms with E-state index in [9.17, 15) is 23.2 Å².